The van der Waals surface area contributed by atoms with E-state index in [-0.39, 0.29) is 0 Å². The Hall–Kier alpha value is -1.36. The zero-order valence-corrected chi connectivity index (χ0v) is 10.4. The number of halogens is 1. The predicted octanol–water partition coefficient (Wildman–Crippen LogP) is 1.88. The molecule has 0 aromatic heterocycles. The maximum Gasteiger partial charge on any atom is 0.312 e. The average Bonchev–Trinajstić information content (AvgIpc) is 2.20. The van der Waals surface area contributed by atoms with Gasteiger partial charge >= 0.3 is 5.97 Å². The van der Waals surface area contributed by atoms with E-state index in [0.717, 1.165) is 10.0 Å². The van der Waals surface area contributed by atoms with E-state index < -0.39 is 18.3 Å². The minimum absolute atomic E-state index is 0.393. The highest BCUT2D eigenvalue weighted by Gasteiger charge is 2.12. The molecule has 0 saturated heterocycles. The summed E-state index contributed by atoms with van der Waals surface area (Å²) < 4.78 is 0.968. The van der Waals surface area contributed by atoms with Crippen LogP contribution < -0.4 is 0 Å². The van der Waals surface area contributed by atoms with Crippen LogP contribution in [-0.4, -0.2) is 28.9 Å². The van der Waals surface area contributed by atoms with Crippen LogP contribution >= 0.6 is 15.9 Å². The van der Waals surface area contributed by atoms with E-state index in [1.54, 1.807) is 7.05 Å². The Morgan fingerprint density at radius 1 is 1.31 bits per heavy atom. The number of aliphatic carboxylic acids is 1. The summed E-state index contributed by atoms with van der Waals surface area (Å²) in [7, 11) is 1.59. The van der Waals surface area contributed by atoms with Crippen molar-refractivity contribution in [2.75, 3.05) is 7.05 Å². The molecule has 0 radical (unpaired) electrons. The molecule has 0 atom stereocenters. The first-order valence-corrected chi connectivity index (χ1v) is 5.48. The Labute approximate surface area is 102 Å². The Morgan fingerprint density at radius 2 is 1.88 bits per heavy atom. The SMILES string of the molecule is CN(Cc1ccc(Br)cc1)C(=O)CC(=O)O. The first kappa shape index (κ1) is 12.7. The van der Waals surface area contributed by atoms with Gasteiger partial charge < -0.3 is 10.0 Å². The van der Waals surface area contributed by atoms with Gasteiger partial charge in [-0.3, -0.25) is 9.59 Å². The van der Waals surface area contributed by atoms with Gasteiger partial charge in [0.15, 0.2) is 0 Å². The first-order valence-electron chi connectivity index (χ1n) is 4.69. The number of benzene rings is 1. The third-order valence-electron chi connectivity index (χ3n) is 2.06. The molecule has 1 aromatic rings. The molecule has 0 bridgehead atoms. The molecule has 1 rings (SSSR count). The second kappa shape index (κ2) is 5.65. The topological polar surface area (TPSA) is 57.6 Å². The molecule has 0 saturated carbocycles. The smallest absolute Gasteiger partial charge is 0.312 e. The molecule has 0 spiro atoms. The quantitative estimate of drug-likeness (QED) is 0.860. The molecular weight excluding hydrogens is 274 g/mol. The summed E-state index contributed by atoms with van der Waals surface area (Å²) >= 11 is 3.32. The maximum atomic E-state index is 11.4. The fourth-order valence-electron chi connectivity index (χ4n) is 1.22. The molecule has 0 aliphatic rings. The van der Waals surface area contributed by atoms with Gasteiger partial charge in [0.2, 0.25) is 5.91 Å². The van der Waals surface area contributed by atoms with Crippen LogP contribution in [0.4, 0.5) is 0 Å². The van der Waals surface area contributed by atoms with Gasteiger partial charge in [-0.05, 0) is 17.7 Å². The Morgan fingerprint density at radius 3 is 2.38 bits per heavy atom. The molecule has 1 N–H and O–H groups in total. The van der Waals surface area contributed by atoms with E-state index in [0.29, 0.717) is 6.54 Å². The first-order chi connectivity index (χ1) is 7.49. The zero-order valence-electron chi connectivity index (χ0n) is 8.81. The second-order valence-corrected chi connectivity index (χ2v) is 4.36. The van der Waals surface area contributed by atoms with Crippen LogP contribution in [-0.2, 0) is 16.1 Å². The van der Waals surface area contributed by atoms with Gasteiger partial charge in [0.1, 0.15) is 6.42 Å². The van der Waals surface area contributed by atoms with Crippen molar-refractivity contribution in [2.45, 2.75) is 13.0 Å². The van der Waals surface area contributed by atoms with Crippen LogP contribution in [0.1, 0.15) is 12.0 Å². The van der Waals surface area contributed by atoms with Gasteiger partial charge in [0.05, 0.1) is 0 Å². The van der Waals surface area contributed by atoms with Crippen molar-refractivity contribution in [1.29, 1.82) is 0 Å². The molecule has 0 aliphatic carbocycles. The fraction of sp³-hybridized carbons (Fsp3) is 0.273. The maximum absolute atomic E-state index is 11.4. The highest BCUT2D eigenvalue weighted by molar-refractivity contribution is 9.10. The lowest BCUT2D eigenvalue weighted by Crippen LogP contribution is -2.27. The summed E-state index contributed by atoms with van der Waals surface area (Å²) in [6.07, 6.45) is -0.465. The van der Waals surface area contributed by atoms with Crippen molar-refractivity contribution < 1.29 is 14.7 Å². The van der Waals surface area contributed by atoms with E-state index in [1.807, 2.05) is 24.3 Å². The van der Waals surface area contributed by atoms with Crippen LogP contribution in [0.5, 0.6) is 0 Å². The van der Waals surface area contributed by atoms with E-state index in [9.17, 15) is 9.59 Å². The number of nitrogens with zero attached hydrogens (tertiary/aromatic N) is 1. The lowest BCUT2D eigenvalue weighted by molar-refractivity contribution is -0.143. The summed E-state index contributed by atoms with van der Waals surface area (Å²) in [5, 5.41) is 8.48. The number of carbonyl (C=O) groups excluding carboxylic acids is 1. The second-order valence-electron chi connectivity index (χ2n) is 3.45. The van der Waals surface area contributed by atoms with Gasteiger partial charge in [-0.2, -0.15) is 0 Å². The molecule has 16 heavy (non-hydrogen) atoms. The fourth-order valence-corrected chi connectivity index (χ4v) is 1.48. The Kier molecular flexibility index (Phi) is 4.49. The van der Waals surface area contributed by atoms with Crippen molar-refractivity contribution in [2.24, 2.45) is 0 Å². The molecule has 0 fully saturated rings. The molecule has 5 heteroatoms. The zero-order chi connectivity index (χ0) is 12.1. The van der Waals surface area contributed by atoms with Gasteiger partial charge in [-0.25, -0.2) is 0 Å². The number of carbonyl (C=O) groups is 2. The molecule has 0 heterocycles. The molecule has 0 aliphatic heterocycles. The number of hydrogen-bond donors (Lipinski definition) is 1. The van der Waals surface area contributed by atoms with Gasteiger partial charge in [0, 0.05) is 18.1 Å². The van der Waals surface area contributed by atoms with Crippen molar-refractivity contribution in [1.82, 2.24) is 4.90 Å². The summed E-state index contributed by atoms with van der Waals surface area (Å²) in [5.74, 6) is -1.50. The minimum Gasteiger partial charge on any atom is -0.481 e. The molecule has 1 aromatic carbocycles. The van der Waals surface area contributed by atoms with Gasteiger partial charge in [-0.15, -0.1) is 0 Å². The summed E-state index contributed by atoms with van der Waals surface area (Å²) in [6.45, 7) is 0.416. The van der Waals surface area contributed by atoms with Gasteiger partial charge in [-0.1, -0.05) is 28.1 Å². The van der Waals surface area contributed by atoms with Crippen LogP contribution in [0.15, 0.2) is 28.7 Å². The van der Waals surface area contributed by atoms with Crippen LogP contribution in [0.2, 0.25) is 0 Å². The number of rotatable bonds is 4. The number of amides is 1. The largest absolute Gasteiger partial charge is 0.481 e. The minimum atomic E-state index is -1.10. The van der Waals surface area contributed by atoms with Crippen LogP contribution in [0.25, 0.3) is 0 Å². The highest BCUT2D eigenvalue weighted by atomic mass is 79.9. The molecule has 0 unspecified atom stereocenters. The van der Waals surface area contributed by atoms with E-state index >= 15 is 0 Å². The van der Waals surface area contributed by atoms with Crippen molar-refractivity contribution >= 4 is 27.8 Å². The Bertz CT molecular complexity index is 389. The summed E-state index contributed by atoms with van der Waals surface area (Å²) in [5.41, 5.74) is 0.962. The molecular formula is C11H12BrNO3. The monoisotopic (exact) mass is 285 g/mol. The average molecular weight is 286 g/mol. The normalized spacial score (nSPS) is 9.88. The van der Waals surface area contributed by atoms with Crippen LogP contribution in [0, 0.1) is 0 Å². The van der Waals surface area contributed by atoms with Crippen molar-refractivity contribution in [3.05, 3.63) is 34.3 Å². The third-order valence-corrected chi connectivity index (χ3v) is 2.59. The van der Waals surface area contributed by atoms with Gasteiger partial charge in [0.25, 0.3) is 0 Å². The van der Waals surface area contributed by atoms with Crippen molar-refractivity contribution in [3.63, 3.8) is 0 Å². The van der Waals surface area contributed by atoms with E-state index in [2.05, 4.69) is 15.9 Å². The predicted molar refractivity (Wildman–Crippen MR) is 62.9 cm³/mol. The molecule has 4 nitrogen and oxygen atoms in total. The number of carboxylic acids is 1. The molecule has 1 amide bonds. The van der Waals surface area contributed by atoms with Crippen molar-refractivity contribution in [3.8, 4) is 0 Å². The lowest BCUT2D eigenvalue weighted by atomic mass is 10.2. The van der Waals surface area contributed by atoms with Crippen LogP contribution in [0.3, 0.4) is 0 Å². The molecule has 86 valence electrons. The highest BCUT2D eigenvalue weighted by Crippen LogP contribution is 2.12. The number of hydrogen-bond acceptors (Lipinski definition) is 2. The standard InChI is InChI=1S/C11H12BrNO3/c1-13(10(14)6-11(15)16)7-8-2-4-9(12)5-3-8/h2-5H,6-7H2,1H3,(H,15,16). The summed E-state index contributed by atoms with van der Waals surface area (Å²) in [6, 6.07) is 7.53. The number of carboxylic acid groups (broad SMARTS) is 1. The third kappa shape index (κ3) is 4.02. The lowest BCUT2D eigenvalue weighted by Gasteiger charge is -2.16. The van der Waals surface area contributed by atoms with E-state index in [4.69, 9.17) is 5.11 Å². The van der Waals surface area contributed by atoms with E-state index in [1.165, 1.54) is 4.90 Å². The summed E-state index contributed by atoms with van der Waals surface area (Å²) in [4.78, 5) is 23.1. The Balaban J connectivity index is 2.57.